The standard InChI is InChI=1S/C23H20FN5O4.C16H12BrFN4O2.C7H9NO2/c1-14-7-10-25-29(14)19-13-18(21(30)33-3)26-20(27-19)16-4-5-17(24)15(12-16)6-8-23(32)9-11-28(2)22(23)31;1-9-5-6-19-22(9)14-8-13(16(23)24-2)20-15(21-14)10-3-4-12(18)11(17)7-10;1-3-7(10)4-5-8(2)6(7)9/h4-5,7,10,12-13,32H,9,11H2,1-3H3;3-8H,1-2H3;1,10H,4-5H2,2H3/t23-;;7-/m0.0/s1. The molecule has 6 aromatic rings. The summed E-state index contributed by atoms with van der Waals surface area (Å²) in [4.78, 5) is 67.4. The first-order chi connectivity index (χ1) is 31.8. The van der Waals surface area contributed by atoms with E-state index in [1.54, 1.807) is 43.3 Å². The quantitative estimate of drug-likeness (QED) is 0.178. The Labute approximate surface area is 390 Å². The molecule has 2 saturated heterocycles. The van der Waals surface area contributed by atoms with Gasteiger partial charge in [-0.1, -0.05) is 17.8 Å². The maximum atomic E-state index is 14.5. The molecule has 18 nitrogen and oxygen atoms in total. The number of terminal acetylenes is 1. The number of esters is 2. The molecule has 2 aliphatic rings. The number of nitrogens with zero attached hydrogens (tertiary/aromatic N) is 10. The lowest BCUT2D eigenvalue weighted by atomic mass is 10.0. The van der Waals surface area contributed by atoms with Gasteiger partial charge in [0.25, 0.3) is 11.8 Å². The predicted molar refractivity (Wildman–Crippen MR) is 239 cm³/mol. The minimum atomic E-state index is -1.86. The van der Waals surface area contributed by atoms with Crippen LogP contribution in [-0.4, -0.2) is 136 Å². The van der Waals surface area contributed by atoms with E-state index in [1.807, 2.05) is 19.9 Å². The van der Waals surface area contributed by atoms with Crippen molar-refractivity contribution in [3.63, 3.8) is 0 Å². The summed E-state index contributed by atoms with van der Waals surface area (Å²) in [5, 5.41) is 28.2. The molecule has 2 amide bonds. The van der Waals surface area contributed by atoms with Crippen molar-refractivity contribution in [1.29, 1.82) is 0 Å². The molecule has 6 heterocycles. The number of rotatable bonds is 6. The summed E-state index contributed by atoms with van der Waals surface area (Å²) in [6, 6.07) is 14.9. The van der Waals surface area contributed by atoms with E-state index < -0.39 is 40.7 Å². The average molecular weight is 980 g/mol. The number of hydrogen-bond acceptors (Lipinski definition) is 14. The van der Waals surface area contributed by atoms with Crippen LogP contribution in [0.25, 0.3) is 34.4 Å². The Morgan fingerprint density at radius 3 is 1.57 bits per heavy atom. The van der Waals surface area contributed by atoms with Crippen molar-refractivity contribution in [2.24, 2.45) is 0 Å². The largest absolute Gasteiger partial charge is 0.464 e. The fourth-order valence-corrected chi connectivity index (χ4v) is 6.88. The fourth-order valence-electron chi connectivity index (χ4n) is 6.50. The molecule has 344 valence electrons. The Morgan fingerprint density at radius 2 is 1.18 bits per heavy atom. The summed E-state index contributed by atoms with van der Waals surface area (Å²) in [6.45, 7) is 4.58. The van der Waals surface area contributed by atoms with Crippen molar-refractivity contribution in [3.05, 3.63) is 118 Å². The number of amides is 2. The Kier molecular flexibility index (Phi) is 14.7. The molecule has 0 saturated carbocycles. The van der Waals surface area contributed by atoms with Crippen LogP contribution in [0.5, 0.6) is 0 Å². The van der Waals surface area contributed by atoms with Gasteiger partial charge in [0.2, 0.25) is 11.2 Å². The first-order valence-electron chi connectivity index (χ1n) is 20.0. The first-order valence-corrected chi connectivity index (χ1v) is 20.8. The molecule has 0 aliphatic carbocycles. The van der Waals surface area contributed by atoms with Gasteiger partial charge in [0, 0.05) is 87.1 Å². The highest BCUT2D eigenvalue weighted by atomic mass is 79.9. The van der Waals surface area contributed by atoms with Gasteiger partial charge in [0.15, 0.2) is 34.7 Å². The lowest BCUT2D eigenvalue weighted by Crippen LogP contribution is -2.37. The monoisotopic (exact) mass is 978 g/mol. The van der Waals surface area contributed by atoms with Gasteiger partial charge < -0.3 is 29.5 Å². The van der Waals surface area contributed by atoms with Gasteiger partial charge in [-0.3, -0.25) is 9.59 Å². The summed E-state index contributed by atoms with van der Waals surface area (Å²) in [7, 11) is 5.70. The molecule has 0 unspecified atom stereocenters. The van der Waals surface area contributed by atoms with E-state index in [0.29, 0.717) is 42.3 Å². The summed E-state index contributed by atoms with van der Waals surface area (Å²) in [6.07, 6.45) is 8.67. The average Bonchev–Trinajstić information content (AvgIpc) is 4.10. The van der Waals surface area contributed by atoms with Crippen molar-refractivity contribution in [2.75, 3.05) is 41.4 Å². The Morgan fingerprint density at radius 1 is 0.716 bits per heavy atom. The van der Waals surface area contributed by atoms with Crippen LogP contribution in [0.15, 0.2) is 77.5 Å². The van der Waals surface area contributed by atoms with Crippen molar-refractivity contribution in [1.82, 2.24) is 49.3 Å². The van der Waals surface area contributed by atoms with E-state index in [0.717, 1.165) is 11.4 Å². The normalized spacial score (nSPS) is 17.3. The van der Waals surface area contributed by atoms with Gasteiger partial charge in [-0.15, -0.1) is 6.42 Å². The fraction of sp³-hybridized carbons (Fsp3) is 0.261. The zero-order chi connectivity index (χ0) is 48.8. The molecule has 8 rings (SSSR count). The Balaban J connectivity index is 0.000000189. The second kappa shape index (κ2) is 20.2. The number of aryl methyl sites for hydroxylation is 2. The van der Waals surface area contributed by atoms with E-state index >= 15 is 0 Å². The first kappa shape index (κ1) is 48.7. The highest BCUT2D eigenvalue weighted by molar-refractivity contribution is 9.10. The second-order valence-electron chi connectivity index (χ2n) is 15.0. The molecule has 0 bridgehead atoms. The molecular formula is C46H41BrF2N10O8. The third kappa shape index (κ3) is 10.7. The Hall–Kier alpha value is -7.72. The number of likely N-dealkylation sites (tertiary alicyclic amines) is 2. The van der Waals surface area contributed by atoms with Crippen LogP contribution in [0.3, 0.4) is 0 Å². The van der Waals surface area contributed by atoms with Crippen LogP contribution in [0.2, 0.25) is 0 Å². The summed E-state index contributed by atoms with van der Waals surface area (Å²) in [5.41, 5.74) is -0.785. The third-order valence-corrected chi connectivity index (χ3v) is 11.0. The topological polar surface area (TPSA) is 221 Å². The summed E-state index contributed by atoms with van der Waals surface area (Å²) in [5.74, 6) is 5.10. The van der Waals surface area contributed by atoms with Gasteiger partial charge in [0.05, 0.1) is 24.3 Å². The molecule has 21 heteroatoms. The minimum Gasteiger partial charge on any atom is -0.464 e. The molecule has 4 aromatic heterocycles. The highest BCUT2D eigenvalue weighted by Gasteiger charge is 2.43. The number of methoxy groups -OCH3 is 2. The van der Waals surface area contributed by atoms with Gasteiger partial charge in [0.1, 0.15) is 11.6 Å². The van der Waals surface area contributed by atoms with E-state index in [9.17, 15) is 38.2 Å². The van der Waals surface area contributed by atoms with E-state index in [1.165, 1.54) is 71.2 Å². The van der Waals surface area contributed by atoms with Crippen LogP contribution < -0.4 is 0 Å². The number of aliphatic hydroxyl groups is 2. The molecule has 2 aromatic carbocycles. The number of hydrogen-bond donors (Lipinski definition) is 2. The van der Waals surface area contributed by atoms with Crippen LogP contribution in [0, 0.1) is 49.7 Å². The van der Waals surface area contributed by atoms with Crippen LogP contribution >= 0.6 is 15.9 Å². The molecule has 0 spiro atoms. The maximum absolute atomic E-state index is 14.5. The lowest BCUT2D eigenvalue weighted by molar-refractivity contribution is -0.138. The summed E-state index contributed by atoms with van der Waals surface area (Å²) < 4.78 is 40.8. The molecule has 67 heavy (non-hydrogen) atoms. The maximum Gasteiger partial charge on any atom is 0.356 e. The van der Waals surface area contributed by atoms with Crippen LogP contribution in [-0.2, 0) is 19.1 Å². The smallest absolute Gasteiger partial charge is 0.356 e. The Bertz CT molecular complexity index is 3020. The number of halogens is 3. The van der Waals surface area contributed by atoms with Gasteiger partial charge in [-0.2, -0.15) is 10.2 Å². The van der Waals surface area contributed by atoms with Crippen LogP contribution in [0.1, 0.15) is 50.8 Å². The number of carbonyl (C=O) groups is 4. The van der Waals surface area contributed by atoms with Crippen molar-refractivity contribution < 1.29 is 47.6 Å². The third-order valence-electron chi connectivity index (χ3n) is 10.4. The van der Waals surface area contributed by atoms with E-state index in [2.05, 4.69) is 63.8 Å². The number of likely N-dealkylation sites (N-methyl/N-ethyl adjacent to an activating group) is 2. The highest BCUT2D eigenvalue weighted by Crippen LogP contribution is 2.26. The van der Waals surface area contributed by atoms with Gasteiger partial charge >= 0.3 is 11.9 Å². The van der Waals surface area contributed by atoms with Crippen molar-refractivity contribution >= 4 is 39.7 Å². The predicted octanol–water partition coefficient (Wildman–Crippen LogP) is 4.05. The van der Waals surface area contributed by atoms with E-state index in [-0.39, 0.29) is 45.4 Å². The molecule has 0 radical (unpaired) electrons. The summed E-state index contributed by atoms with van der Waals surface area (Å²) >= 11 is 3.13. The SMILES string of the molecule is C#C[C@]1(O)CCN(C)C1=O.COC(=O)c1cc(-n2nccc2C)nc(-c2ccc(F)c(Br)c2)n1.COC(=O)c1cc(-n2nccc2C)nc(-c2ccc(F)c(C#C[C@]3(O)CCN(C)C3=O)c2)n1. The molecular weight excluding hydrogens is 938 g/mol. The second-order valence-corrected chi connectivity index (χ2v) is 15.9. The molecule has 2 atom stereocenters. The minimum absolute atomic E-state index is 0.00161. The van der Waals surface area contributed by atoms with Gasteiger partial charge in [-0.25, -0.2) is 47.7 Å². The van der Waals surface area contributed by atoms with Gasteiger partial charge in [-0.05, 0) is 78.3 Å². The van der Waals surface area contributed by atoms with E-state index in [4.69, 9.17) is 15.9 Å². The zero-order valence-electron chi connectivity index (χ0n) is 36.8. The number of carbonyl (C=O) groups excluding carboxylic acids is 4. The number of ether oxygens (including phenoxy) is 2. The molecule has 2 fully saturated rings. The lowest BCUT2D eigenvalue weighted by Gasteiger charge is -2.13. The zero-order valence-corrected chi connectivity index (χ0v) is 38.4. The molecule has 2 aliphatic heterocycles. The van der Waals surface area contributed by atoms with Crippen molar-refractivity contribution in [2.45, 2.75) is 37.9 Å². The number of benzene rings is 2. The van der Waals surface area contributed by atoms with Crippen molar-refractivity contribution in [3.8, 4) is 58.6 Å². The van der Waals surface area contributed by atoms with Crippen LogP contribution in [0.4, 0.5) is 8.78 Å². The molecule has 2 N–H and O–H groups in total. The number of aromatic nitrogens is 8.